The predicted octanol–water partition coefficient (Wildman–Crippen LogP) is 1.18. The molecule has 5 bridgehead atoms. The number of piperazine rings is 1. The highest BCUT2D eigenvalue weighted by Gasteiger charge is 2.84. The number of fused-ring (bicyclic) bond motifs is 1. The Kier molecular flexibility index (Phi) is 5.19. The summed E-state index contributed by atoms with van der Waals surface area (Å²) in [5, 5.41) is 2.22. The van der Waals surface area contributed by atoms with Crippen molar-refractivity contribution in [2.75, 3.05) is 53.0 Å². The number of cyclic esters (lactones) is 1. The van der Waals surface area contributed by atoms with Gasteiger partial charge in [-0.25, -0.2) is 14.6 Å². The number of carbonyl (C=O) groups excluding carboxylic acids is 2. The van der Waals surface area contributed by atoms with Crippen LogP contribution in [0.5, 0.6) is 0 Å². The topological polar surface area (TPSA) is 102 Å². The van der Waals surface area contributed by atoms with Gasteiger partial charge < -0.3 is 28.6 Å². The highest BCUT2D eigenvalue weighted by Crippen LogP contribution is 2.72. The number of nitrogens with one attached hydrogen (secondary N) is 1. The molecule has 6 fully saturated rings. The minimum absolute atomic E-state index is 0.0490. The van der Waals surface area contributed by atoms with Crippen molar-refractivity contribution in [2.45, 2.75) is 57.1 Å². The Bertz CT molecular complexity index is 1100. The van der Waals surface area contributed by atoms with Crippen LogP contribution in [0.1, 0.15) is 33.6 Å². The molecule has 1 N–H and O–H groups in total. The standard InChI is InChI=1S/C26H36N4O7/c1-5-34-24(32)28-8-10-29(11-9-28)27-13-25-17-6-7-30(25)16-12-18(25)36-26(17)19(16)14(2)21(37-26)22-20(33-4)15(3)23(31)35-22/h14,16-19,27H,5-13H2,1-4H3/b22-21+/t14-,16?,17?,18?,19+,25?,26?/m0/s1. The summed E-state index contributed by atoms with van der Waals surface area (Å²) < 4.78 is 30.1. The van der Waals surface area contributed by atoms with Crippen molar-refractivity contribution in [3.8, 4) is 0 Å². The second-order valence-corrected chi connectivity index (χ2v) is 11.3. The normalized spacial score (nSPS) is 45.5. The smallest absolute Gasteiger partial charge is 0.409 e. The molecule has 0 aromatic heterocycles. The van der Waals surface area contributed by atoms with Gasteiger partial charge in [0.2, 0.25) is 11.5 Å². The van der Waals surface area contributed by atoms with Crippen LogP contribution in [0.25, 0.3) is 0 Å². The summed E-state index contributed by atoms with van der Waals surface area (Å²) >= 11 is 0. The summed E-state index contributed by atoms with van der Waals surface area (Å²) in [4.78, 5) is 28.9. The van der Waals surface area contributed by atoms with Gasteiger partial charge in [-0.3, -0.25) is 10.3 Å². The molecule has 1 spiro atoms. The van der Waals surface area contributed by atoms with E-state index >= 15 is 0 Å². The van der Waals surface area contributed by atoms with Gasteiger partial charge in [0, 0.05) is 50.6 Å². The number of esters is 1. The fraction of sp³-hybridized carbons (Fsp3) is 0.769. The van der Waals surface area contributed by atoms with Crippen molar-refractivity contribution in [3.05, 3.63) is 22.9 Å². The molecule has 8 atom stereocenters. The molecule has 202 valence electrons. The molecule has 7 aliphatic rings. The first-order valence-corrected chi connectivity index (χ1v) is 13.6. The van der Waals surface area contributed by atoms with E-state index in [4.69, 9.17) is 23.7 Å². The summed E-state index contributed by atoms with van der Waals surface area (Å²) in [7, 11) is 1.56. The Morgan fingerprint density at radius 3 is 2.73 bits per heavy atom. The summed E-state index contributed by atoms with van der Waals surface area (Å²) in [6.07, 6.45) is 1.87. The van der Waals surface area contributed by atoms with Crippen molar-refractivity contribution in [3.63, 3.8) is 0 Å². The number of ether oxygens (including phenoxy) is 5. The average Bonchev–Trinajstić information content (AvgIpc) is 3.61. The molecule has 0 aromatic rings. The van der Waals surface area contributed by atoms with Crippen molar-refractivity contribution in [1.29, 1.82) is 0 Å². The highest BCUT2D eigenvalue weighted by atomic mass is 16.7. The van der Waals surface area contributed by atoms with Crippen molar-refractivity contribution in [1.82, 2.24) is 20.2 Å². The van der Waals surface area contributed by atoms with E-state index in [1.54, 1.807) is 18.9 Å². The van der Waals surface area contributed by atoms with Gasteiger partial charge in [0.05, 0.1) is 36.9 Å². The third kappa shape index (κ3) is 2.91. The van der Waals surface area contributed by atoms with Crippen LogP contribution in [-0.4, -0.2) is 103 Å². The first-order chi connectivity index (χ1) is 17.9. The fourth-order valence-electron chi connectivity index (χ4n) is 8.54. The third-order valence-corrected chi connectivity index (χ3v) is 9.99. The Morgan fingerprint density at radius 2 is 2.00 bits per heavy atom. The van der Waals surface area contributed by atoms with E-state index in [9.17, 15) is 9.59 Å². The monoisotopic (exact) mass is 516 g/mol. The third-order valence-electron chi connectivity index (χ3n) is 9.99. The van der Waals surface area contributed by atoms with Crippen molar-refractivity contribution in [2.24, 2.45) is 17.8 Å². The van der Waals surface area contributed by atoms with Crippen LogP contribution in [0.15, 0.2) is 22.9 Å². The zero-order chi connectivity index (χ0) is 25.7. The van der Waals surface area contributed by atoms with Crippen LogP contribution < -0.4 is 5.43 Å². The Balaban J connectivity index is 1.12. The minimum atomic E-state index is -0.700. The number of rotatable bonds is 5. The molecule has 0 radical (unpaired) electrons. The van der Waals surface area contributed by atoms with E-state index in [1.807, 2.05) is 6.92 Å². The SMILES string of the molecule is CCOC(=O)N1CCN(NCC23C4CC5[C@H]6[C@H](C)/C(=C7\OC(=O)C(C)=C7OC)OC6(O4)C2CCN53)CC1. The first-order valence-electron chi connectivity index (χ1n) is 13.6. The molecule has 7 rings (SSSR count). The lowest BCUT2D eigenvalue weighted by Gasteiger charge is -2.48. The molecule has 11 heteroatoms. The number of amides is 1. The van der Waals surface area contributed by atoms with Gasteiger partial charge in [0.1, 0.15) is 5.76 Å². The molecular weight excluding hydrogens is 480 g/mol. The summed E-state index contributed by atoms with van der Waals surface area (Å²) in [5.74, 6) is 0.935. The fourth-order valence-corrected chi connectivity index (χ4v) is 8.54. The van der Waals surface area contributed by atoms with Crippen LogP contribution in [0.3, 0.4) is 0 Å². The Morgan fingerprint density at radius 1 is 1.22 bits per heavy atom. The van der Waals surface area contributed by atoms with E-state index in [0.717, 1.165) is 39.0 Å². The van der Waals surface area contributed by atoms with Gasteiger partial charge in [-0.15, -0.1) is 0 Å². The van der Waals surface area contributed by atoms with Crippen LogP contribution in [0, 0.1) is 17.8 Å². The van der Waals surface area contributed by atoms with E-state index in [0.29, 0.717) is 48.6 Å². The van der Waals surface area contributed by atoms with E-state index in [2.05, 4.69) is 22.3 Å². The van der Waals surface area contributed by atoms with Crippen LogP contribution >= 0.6 is 0 Å². The lowest BCUT2D eigenvalue weighted by Crippen LogP contribution is -2.66. The van der Waals surface area contributed by atoms with Gasteiger partial charge in [-0.05, 0) is 33.2 Å². The summed E-state index contributed by atoms with van der Waals surface area (Å²) in [5.41, 5.74) is 4.06. The Hall–Kier alpha value is -2.34. The zero-order valence-corrected chi connectivity index (χ0v) is 22.0. The molecule has 0 aromatic carbocycles. The van der Waals surface area contributed by atoms with Gasteiger partial charge in [0.25, 0.3) is 0 Å². The number of hydrazine groups is 1. The minimum Gasteiger partial charge on any atom is -0.492 e. The number of allylic oxidation sites excluding steroid dienone is 1. The quantitative estimate of drug-likeness (QED) is 0.536. The maximum absolute atomic E-state index is 12.3. The number of hydrogen-bond acceptors (Lipinski definition) is 10. The van der Waals surface area contributed by atoms with Crippen LogP contribution in [0.4, 0.5) is 4.79 Å². The van der Waals surface area contributed by atoms with Crippen molar-refractivity contribution >= 4 is 12.1 Å². The molecule has 1 amide bonds. The largest absolute Gasteiger partial charge is 0.492 e. The lowest BCUT2D eigenvalue weighted by atomic mass is 9.71. The lowest BCUT2D eigenvalue weighted by molar-refractivity contribution is -0.255. The summed E-state index contributed by atoms with van der Waals surface area (Å²) in [6, 6.07) is 0.362. The molecule has 7 heterocycles. The first kappa shape index (κ1) is 23.8. The number of methoxy groups -OCH3 is 1. The summed E-state index contributed by atoms with van der Waals surface area (Å²) in [6.45, 7) is 10.7. The van der Waals surface area contributed by atoms with Gasteiger partial charge >= 0.3 is 12.1 Å². The van der Waals surface area contributed by atoms with E-state index in [-0.39, 0.29) is 41.5 Å². The zero-order valence-electron chi connectivity index (χ0n) is 22.0. The van der Waals surface area contributed by atoms with Crippen LogP contribution in [-0.2, 0) is 28.5 Å². The molecule has 6 unspecified atom stereocenters. The predicted molar refractivity (Wildman–Crippen MR) is 128 cm³/mol. The molecule has 7 aliphatic heterocycles. The number of carbonyl (C=O) groups is 2. The second-order valence-electron chi connectivity index (χ2n) is 11.3. The molecule has 0 aliphatic carbocycles. The highest BCUT2D eigenvalue weighted by molar-refractivity contribution is 5.93. The number of nitrogens with zero attached hydrogens (tertiary/aromatic N) is 3. The maximum atomic E-state index is 12.3. The number of piperidine rings is 1. The van der Waals surface area contributed by atoms with E-state index in [1.165, 1.54) is 0 Å². The molecular formula is C26H36N4O7. The van der Waals surface area contributed by atoms with Gasteiger partial charge in [-0.2, -0.15) is 0 Å². The maximum Gasteiger partial charge on any atom is 0.409 e. The molecule has 6 saturated heterocycles. The van der Waals surface area contributed by atoms with Gasteiger partial charge in [-0.1, -0.05) is 6.92 Å². The molecule has 37 heavy (non-hydrogen) atoms. The molecule has 11 nitrogen and oxygen atoms in total. The van der Waals surface area contributed by atoms with Crippen molar-refractivity contribution < 1.29 is 33.3 Å². The van der Waals surface area contributed by atoms with Crippen LogP contribution in [0.2, 0.25) is 0 Å². The Labute approximate surface area is 216 Å². The second kappa shape index (κ2) is 8.08. The molecule has 0 saturated carbocycles. The number of hydrogen-bond donors (Lipinski definition) is 1. The average molecular weight is 517 g/mol. The van der Waals surface area contributed by atoms with E-state index < -0.39 is 5.79 Å². The van der Waals surface area contributed by atoms with Gasteiger partial charge in [0.15, 0.2) is 5.76 Å².